The molecule has 1 N–H and O–H groups in total. The highest BCUT2D eigenvalue weighted by Gasteiger charge is 2.52. The van der Waals surface area contributed by atoms with Gasteiger partial charge in [0.05, 0.1) is 0 Å². The van der Waals surface area contributed by atoms with E-state index in [1.165, 1.54) is 0 Å². The van der Waals surface area contributed by atoms with E-state index in [9.17, 15) is 14.7 Å². The lowest BCUT2D eigenvalue weighted by atomic mass is 9.63. The Bertz CT molecular complexity index is 664. The molecular weight excluding hydrogens is 232 g/mol. The summed E-state index contributed by atoms with van der Waals surface area (Å²) in [6.45, 7) is 0. The van der Waals surface area contributed by atoms with Gasteiger partial charge in [-0.25, -0.2) is 4.98 Å². The molecule has 1 saturated carbocycles. The number of rotatable bonds is 2. The molecule has 0 aromatic carbocycles. The van der Waals surface area contributed by atoms with Gasteiger partial charge in [0.15, 0.2) is 0 Å². The number of nitrogens with zero attached hydrogens (tertiary/aromatic N) is 2. The number of carbonyl (C=O) groups is 2. The minimum absolute atomic E-state index is 0.00158. The number of hydrogen-bond donors (Lipinski definition) is 1. The molecule has 5 nitrogen and oxygen atoms in total. The molecule has 3 rings (SSSR count). The van der Waals surface area contributed by atoms with Crippen LogP contribution in [0.3, 0.4) is 0 Å². The van der Waals surface area contributed by atoms with Gasteiger partial charge in [-0.2, -0.15) is 0 Å². The van der Waals surface area contributed by atoms with Gasteiger partial charge in [0, 0.05) is 37.7 Å². The molecule has 0 unspecified atom stereocenters. The number of fused-ring (bicyclic) bond motifs is 1. The van der Waals surface area contributed by atoms with Crippen molar-refractivity contribution in [2.75, 3.05) is 0 Å². The SMILES string of the molecule is Cn1cc(C2(C(=O)O)CC(=O)C2)c2cccnc21. The van der Waals surface area contributed by atoms with E-state index in [1.54, 1.807) is 23.0 Å². The van der Waals surface area contributed by atoms with Crippen LogP contribution in [0.2, 0.25) is 0 Å². The van der Waals surface area contributed by atoms with E-state index in [0.717, 1.165) is 11.0 Å². The molecule has 18 heavy (non-hydrogen) atoms. The molecule has 1 aliphatic rings. The van der Waals surface area contributed by atoms with Gasteiger partial charge in [-0.1, -0.05) is 0 Å². The van der Waals surface area contributed by atoms with Crippen molar-refractivity contribution in [3.8, 4) is 0 Å². The van der Waals surface area contributed by atoms with Crippen molar-refractivity contribution < 1.29 is 14.7 Å². The maximum Gasteiger partial charge on any atom is 0.315 e. The van der Waals surface area contributed by atoms with Crippen molar-refractivity contribution in [3.05, 3.63) is 30.1 Å². The lowest BCUT2D eigenvalue weighted by molar-refractivity contribution is -0.153. The van der Waals surface area contributed by atoms with Gasteiger partial charge in [0.1, 0.15) is 16.8 Å². The van der Waals surface area contributed by atoms with E-state index >= 15 is 0 Å². The third kappa shape index (κ3) is 1.24. The zero-order chi connectivity index (χ0) is 12.9. The van der Waals surface area contributed by atoms with Crippen molar-refractivity contribution in [1.82, 2.24) is 9.55 Å². The standard InChI is InChI=1S/C13H12N2O3/c1-15-7-10(9-3-2-4-14-11(9)15)13(12(17)18)5-8(16)6-13/h2-4,7H,5-6H2,1H3,(H,17,18). The van der Waals surface area contributed by atoms with Crippen molar-refractivity contribution in [2.24, 2.45) is 7.05 Å². The van der Waals surface area contributed by atoms with Crippen molar-refractivity contribution in [3.63, 3.8) is 0 Å². The third-order valence-electron chi connectivity index (χ3n) is 3.66. The fourth-order valence-electron chi connectivity index (χ4n) is 2.67. The maximum absolute atomic E-state index is 11.5. The monoisotopic (exact) mass is 244 g/mol. The molecule has 2 aromatic heterocycles. The fraction of sp³-hybridized carbons (Fsp3) is 0.308. The molecule has 2 aromatic rings. The Morgan fingerprint density at radius 3 is 2.83 bits per heavy atom. The molecule has 5 heteroatoms. The number of ketones is 1. The van der Waals surface area contributed by atoms with Crippen LogP contribution in [0.4, 0.5) is 0 Å². The zero-order valence-electron chi connectivity index (χ0n) is 9.88. The molecule has 1 fully saturated rings. The summed E-state index contributed by atoms with van der Waals surface area (Å²) in [6, 6.07) is 3.63. The van der Waals surface area contributed by atoms with Gasteiger partial charge >= 0.3 is 5.97 Å². The summed E-state index contributed by atoms with van der Waals surface area (Å²) in [4.78, 5) is 27.0. The Balaban J connectivity index is 2.25. The van der Waals surface area contributed by atoms with Gasteiger partial charge in [-0.05, 0) is 17.7 Å². The second-order valence-electron chi connectivity index (χ2n) is 4.81. The maximum atomic E-state index is 11.5. The second kappa shape index (κ2) is 3.41. The smallest absolute Gasteiger partial charge is 0.315 e. The summed E-state index contributed by atoms with van der Waals surface area (Å²) in [6.07, 6.45) is 3.61. The summed E-state index contributed by atoms with van der Waals surface area (Å²) in [7, 11) is 1.83. The first-order valence-corrected chi connectivity index (χ1v) is 5.70. The first-order chi connectivity index (χ1) is 8.54. The van der Waals surface area contributed by atoms with Crippen LogP contribution in [0.5, 0.6) is 0 Å². The zero-order valence-corrected chi connectivity index (χ0v) is 9.88. The second-order valence-corrected chi connectivity index (χ2v) is 4.81. The Kier molecular flexibility index (Phi) is 2.08. The number of carbonyl (C=O) groups excluding carboxylic acids is 1. The van der Waals surface area contributed by atoms with Crippen LogP contribution < -0.4 is 0 Å². The topological polar surface area (TPSA) is 72.2 Å². The van der Waals surface area contributed by atoms with E-state index in [2.05, 4.69) is 4.98 Å². The highest BCUT2D eigenvalue weighted by molar-refractivity contribution is 6.04. The average Bonchev–Trinajstić information content (AvgIpc) is 2.63. The fourth-order valence-corrected chi connectivity index (χ4v) is 2.67. The third-order valence-corrected chi connectivity index (χ3v) is 3.66. The lowest BCUT2D eigenvalue weighted by Crippen LogP contribution is -2.48. The molecule has 0 radical (unpaired) electrons. The number of aliphatic carboxylic acids is 1. The van der Waals surface area contributed by atoms with Crippen molar-refractivity contribution >= 4 is 22.8 Å². The number of pyridine rings is 1. The first-order valence-electron chi connectivity index (χ1n) is 5.70. The van der Waals surface area contributed by atoms with Gasteiger partial charge in [0.25, 0.3) is 0 Å². The predicted molar refractivity (Wildman–Crippen MR) is 64.3 cm³/mol. The molecule has 0 saturated heterocycles. The Morgan fingerprint density at radius 2 is 2.22 bits per heavy atom. The van der Waals surface area contributed by atoms with E-state index in [-0.39, 0.29) is 18.6 Å². The number of carboxylic acids is 1. The molecule has 0 atom stereocenters. The summed E-state index contributed by atoms with van der Waals surface area (Å²) in [5, 5.41) is 10.3. The average molecular weight is 244 g/mol. The highest BCUT2D eigenvalue weighted by atomic mass is 16.4. The molecule has 0 aliphatic heterocycles. The van der Waals surface area contributed by atoms with Gasteiger partial charge in [0.2, 0.25) is 0 Å². The van der Waals surface area contributed by atoms with Crippen LogP contribution in [-0.4, -0.2) is 26.4 Å². The number of hydrogen-bond acceptors (Lipinski definition) is 3. The van der Waals surface area contributed by atoms with Gasteiger partial charge < -0.3 is 9.67 Å². The number of carboxylic acid groups (broad SMARTS) is 1. The summed E-state index contributed by atoms with van der Waals surface area (Å²) in [5.41, 5.74) is 0.382. The Hall–Kier alpha value is -2.17. The number of aryl methyl sites for hydroxylation is 1. The molecule has 0 bridgehead atoms. The van der Waals surface area contributed by atoms with Crippen molar-refractivity contribution in [2.45, 2.75) is 18.3 Å². The van der Waals surface area contributed by atoms with E-state index in [4.69, 9.17) is 0 Å². The first kappa shape index (κ1) is 11.0. The molecule has 0 amide bonds. The molecular formula is C13H12N2O3. The minimum Gasteiger partial charge on any atom is -0.481 e. The minimum atomic E-state index is -1.06. The van der Waals surface area contributed by atoms with Crippen molar-refractivity contribution in [1.29, 1.82) is 0 Å². The van der Waals surface area contributed by atoms with Crippen LogP contribution in [0.25, 0.3) is 11.0 Å². The molecule has 1 aliphatic carbocycles. The summed E-state index contributed by atoms with van der Waals surface area (Å²) < 4.78 is 1.80. The van der Waals surface area contributed by atoms with Gasteiger partial charge in [-0.15, -0.1) is 0 Å². The van der Waals surface area contributed by atoms with Gasteiger partial charge in [-0.3, -0.25) is 9.59 Å². The number of aromatic nitrogens is 2. The summed E-state index contributed by atoms with van der Waals surface area (Å²) in [5.74, 6) is -0.934. The Labute approximate surface area is 103 Å². The molecule has 92 valence electrons. The molecule has 2 heterocycles. The van der Waals surface area contributed by atoms with E-state index in [1.807, 2.05) is 13.1 Å². The van der Waals surface area contributed by atoms with E-state index in [0.29, 0.717) is 5.56 Å². The molecule has 0 spiro atoms. The predicted octanol–water partition coefficient (Wildman–Crippen LogP) is 1.26. The quantitative estimate of drug-likeness (QED) is 0.863. The summed E-state index contributed by atoms with van der Waals surface area (Å²) >= 11 is 0. The van der Waals surface area contributed by atoms with Crippen LogP contribution in [0.1, 0.15) is 18.4 Å². The number of Topliss-reactive ketones (excluding diaryl/α,β-unsaturated/α-hetero) is 1. The van der Waals surface area contributed by atoms with E-state index < -0.39 is 11.4 Å². The normalized spacial score (nSPS) is 17.7. The lowest BCUT2D eigenvalue weighted by Gasteiger charge is -2.36. The highest BCUT2D eigenvalue weighted by Crippen LogP contribution is 2.44. The van der Waals surface area contributed by atoms with Crippen LogP contribution in [-0.2, 0) is 22.1 Å². The Morgan fingerprint density at radius 1 is 1.50 bits per heavy atom. The largest absolute Gasteiger partial charge is 0.481 e. The van der Waals surface area contributed by atoms with Crippen LogP contribution in [0, 0.1) is 0 Å². The van der Waals surface area contributed by atoms with Crippen LogP contribution in [0.15, 0.2) is 24.5 Å². The van der Waals surface area contributed by atoms with Crippen LogP contribution >= 0.6 is 0 Å².